The van der Waals surface area contributed by atoms with Crippen molar-refractivity contribution in [3.63, 3.8) is 0 Å². The number of carbonyl (C=O) groups is 2. The fraction of sp³-hybridized carbons (Fsp3) is 0.846. The van der Waals surface area contributed by atoms with E-state index in [1.807, 2.05) is 0 Å². The Labute approximate surface area is 118 Å². The van der Waals surface area contributed by atoms with Gasteiger partial charge in [-0.05, 0) is 27.7 Å². The zero-order chi connectivity index (χ0) is 16.3. The minimum atomic E-state index is -2.19. The number of methoxy groups -OCH3 is 1. The summed E-state index contributed by atoms with van der Waals surface area (Å²) in [5.41, 5.74) is -4.23. The molecule has 0 spiro atoms. The molecule has 0 bridgehead atoms. The molecule has 3 N–H and O–H groups in total. The second-order valence-corrected chi connectivity index (χ2v) is 5.28. The van der Waals surface area contributed by atoms with Crippen molar-refractivity contribution < 1.29 is 34.4 Å². The van der Waals surface area contributed by atoms with E-state index in [9.17, 15) is 24.9 Å². The van der Waals surface area contributed by atoms with Gasteiger partial charge >= 0.3 is 5.97 Å². The fourth-order valence-corrected chi connectivity index (χ4v) is 2.16. The van der Waals surface area contributed by atoms with Crippen LogP contribution in [-0.2, 0) is 19.1 Å². The summed E-state index contributed by atoms with van der Waals surface area (Å²) in [4.78, 5) is 22.2. The van der Waals surface area contributed by atoms with Gasteiger partial charge in [-0.15, -0.1) is 0 Å². The molecule has 7 heteroatoms. The lowest BCUT2D eigenvalue weighted by Gasteiger charge is -2.46. The van der Waals surface area contributed by atoms with Crippen LogP contribution < -0.4 is 0 Å². The van der Waals surface area contributed by atoms with Gasteiger partial charge in [-0.25, -0.2) is 0 Å². The molecular weight excluding hydrogens is 268 g/mol. The quantitative estimate of drug-likeness (QED) is 0.537. The van der Waals surface area contributed by atoms with Crippen LogP contribution in [0.1, 0.15) is 34.6 Å². The molecule has 0 heterocycles. The normalized spacial score (nSPS) is 22.1. The van der Waals surface area contributed by atoms with Gasteiger partial charge in [0.05, 0.1) is 0 Å². The molecule has 0 fully saturated rings. The molecule has 118 valence electrons. The number of aliphatic hydroxyl groups excluding tert-OH is 1. The summed E-state index contributed by atoms with van der Waals surface area (Å²) in [6.45, 7) is 6.08. The van der Waals surface area contributed by atoms with Gasteiger partial charge in [0.25, 0.3) is 0 Å². The highest BCUT2D eigenvalue weighted by Crippen LogP contribution is 2.33. The molecule has 0 aliphatic rings. The summed E-state index contributed by atoms with van der Waals surface area (Å²) >= 11 is 0. The van der Waals surface area contributed by atoms with Crippen molar-refractivity contribution in [2.75, 3.05) is 7.11 Å². The third kappa shape index (κ3) is 3.76. The van der Waals surface area contributed by atoms with E-state index in [1.165, 1.54) is 27.9 Å². The number of aliphatic hydroxyl groups is 3. The van der Waals surface area contributed by atoms with E-state index < -0.39 is 41.3 Å². The largest absolute Gasteiger partial charge is 0.460 e. The number of hydrogen-bond donors (Lipinski definition) is 3. The topological polar surface area (TPSA) is 113 Å². The van der Waals surface area contributed by atoms with Gasteiger partial charge in [-0.3, -0.25) is 9.59 Å². The van der Waals surface area contributed by atoms with E-state index in [0.717, 1.165) is 13.8 Å². The number of carbonyl (C=O) groups excluding carboxylic acids is 2. The summed E-state index contributed by atoms with van der Waals surface area (Å²) in [7, 11) is 1.26. The first kappa shape index (κ1) is 19.0. The molecule has 20 heavy (non-hydrogen) atoms. The number of Topliss-reactive ketones (excluding diaryl/α,β-unsaturated/α-hetero) is 1. The van der Waals surface area contributed by atoms with Crippen molar-refractivity contribution in [2.45, 2.75) is 64.1 Å². The first-order chi connectivity index (χ1) is 8.89. The third-order valence-corrected chi connectivity index (χ3v) is 3.53. The molecule has 0 radical (unpaired) electrons. The molecule has 0 rings (SSSR count). The maximum absolute atomic E-state index is 11.2. The van der Waals surface area contributed by atoms with Crippen molar-refractivity contribution >= 4 is 11.8 Å². The molecule has 0 saturated heterocycles. The molecule has 0 aromatic rings. The molecule has 0 aromatic heterocycles. The van der Waals surface area contributed by atoms with Gasteiger partial charge in [0.1, 0.15) is 29.5 Å². The zero-order valence-corrected chi connectivity index (χ0v) is 12.7. The molecule has 7 nitrogen and oxygen atoms in total. The second kappa shape index (κ2) is 6.62. The zero-order valence-electron chi connectivity index (χ0n) is 12.7. The van der Waals surface area contributed by atoms with Gasteiger partial charge in [-0.2, -0.15) is 0 Å². The van der Waals surface area contributed by atoms with Crippen molar-refractivity contribution in [3.8, 4) is 0 Å². The Kier molecular flexibility index (Phi) is 6.28. The van der Waals surface area contributed by atoms with Crippen LogP contribution in [0.3, 0.4) is 0 Å². The minimum absolute atomic E-state index is 0.581. The monoisotopic (exact) mass is 292 g/mol. The van der Waals surface area contributed by atoms with E-state index in [2.05, 4.69) is 0 Å². The van der Waals surface area contributed by atoms with E-state index >= 15 is 0 Å². The Bertz CT molecular complexity index is 362. The lowest BCUT2D eigenvalue weighted by atomic mass is 9.75. The predicted octanol–water partition coefficient (Wildman–Crippen LogP) is -0.595. The second-order valence-electron chi connectivity index (χ2n) is 5.28. The van der Waals surface area contributed by atoms with E-state index in [1.54, 1.807) is 0 Å². The lowest BCUT2D eigenvalue weighted by molar-refractivity contribution is -0.242. The smallest absolute Gasteiger partial charge is 0.302 e. The Morgan fingerprint density at radius 1 is 1.10 bits per heavy atom. The Morgan fingerprint density at radius 2 is 1.55 bits per heavy atom. The Morgan fingerprint density at radius 3 is 1.85 bits per heavy atom. The van der Waals surface area contributed by atoms with Crippen molar-refractivity contribution in [1.82, 2.24) is 0 Å². The summed E-state index contributed by atoms with van der Waals surface area (Å²) in [5, 5.41) is 30.6. The minimum Gasteiger partial charge on any atom is -0.460 e. The highest BCUT2D eigenvalue weighted by Gasteiger charge is 2.55. The molecule has 5 atom stereocenters. The molecule has 0 amide bonds. The predicted molar refractivity (Wildman–Crippen MR) is 70.0 cm³/mol. The SMILES string of the molecule is COC(C(C)OC(C)=O)C(C)(O)C(C)(O)C(O)C(C)=O. The molecule has 0 aliphatic carbocycles. The third-order valence-electron chi connectivity index (χ3n) is 3.53. The van der Waals surface area contributed by atoms with Gasteiger partial charge in [0, 0.05) is 14.0 Å². The van der Waals surface area contributed by atoms with Crippen LogP contribution in [0.15, 0.2) is 0 Å². The van der Waals surface area contributed by atoms with Crippen molar-refractivity contribution in [3.05, 3.63) is 0 Å². The summed E-state index contributed by atoms with van der Waals surface area (Å²) in [5.74, 6) is -1.28. The number of rotatable bonds is 7. The van der Waals surface area contributed by atoms with E-state index in [0.29, 0.717) is 0 Å². The summed E-state index contributed by atoms with van der Waals surface area (Å²) in [6.07, 6.45) is -3.84. The number of ketones is 1. The van der Waals surface area contributed by atoms with Gasteiger partial charge in [-0.1, -0.05) is 0 Å². The number of esters is 1. The maximum Gasteiger partial charge on any atom is 0.302 e. The van der Waals surface area contributed by atoms with Crippen LogP contribution in [0.2, 0.25) is 0 Å². The first-order valence-corrected chi connectivity index (χ1v) is 6.22. The molecule has 0 aromatic carbocycles. The maximum atomic E-state index is 11.2. The molecule has 0 aliphatic heterocycles. The van der Waals surface area contributed by atoms with Gasteiger partial charge in [0.15, 0.2) is 5.78 Å². The first-order valence-electron chi connectivity index (χ1n) is 6.22. The summed E-state index contributed by atoms with van der Waals surface area (Å²) in [6, 6.07) is 0. The van der Waals surface area contributed by atoms with Crippen LogP contribution in [0.5, 0.6) is 0 Å². The van der Waals surface area contributed by atoms with Crippen molar-refractivity contribution in [2.24, 2.45) is 0 Å². The lowest BCUT2D eigenvalue weighted by Crippen LogP contribution is -2.67. The highest BCUT2D eigenvalue weighted by molar-refractivity contribution is 5.81. The van der Waals surface area contributed by atoms with Crippen LogP contribution >= 0.6 is 0 Å². The standard InChI is InChI=1S/C13H24O7/c1-7(14)10(16)12(4,17)13(5,18)11(19-6)8(2)20-9(3)15/h8,10-11,16-18H,1-6H3. The Balaban J connectivity index is 5.43. The number of ether oxygens (including phenoxy) is 2. The van der Waals surface area contributed by atoms with E-state index in [-0.39, 0.29) is 0 Å². The van der Waals surface area contributed by atoms with Crippen LogP contribution in [0, 0.1) is 0 Å². The van der Waals surface area contributed by atoms with E-state index in [4.69, 9.17) is 9.47 Å². The van der Waals surface area contributed by atoms with Gasteiger partial charge in [0.2, 0.25) is 0 Å². The fourth-order valence-electron chi connectivity index (χ4n) is 2.16. The average molecular weight is 292 g/mol. The molecule has 0 saturated carbocycles. The molecule has 5 unspecified atom stereocenters. The average Bonchev–Trinajstić information content (AvgIpc) is 2.26. The van der Waals surface area contributed by atoms with Crippen molar-refractivity contribution in [1.29, 1.82) is 0 Å². The highest BCUT2D eigenvalue weighted by atomic mass is 16.6. The van der Waals surface area contributed by atoms with Crippen LogP contribution in [0.25, 0.3) is 0 Å². The Hall–Kier alpha value is -1.02. The molecular formula is C13H24O7. The van der Waals surface area contributed by atoms with Gasteiger partial charge < -0.3 is 24.8 Å². The summed E-state index contributed by atoms with van der Waals surface area (Å²) < 4.78 is 10.0. The number of hydrogen-bond acceptors (Lipinski definition) is 7. The van der Waals surface area contributed by atoms with Crippen LogP contribution in [0.4, 0.5) is 0 Å². The van der Waals surface area contributed by atoms with Crippen LogP contribution in [-0.4, -0.2) is 63.7 Å².